The van der Waals surface area contributed by atoms with Crippen LogP contribution in [0.5, 0.6) is 0 Å². The van der Waals surface area contributed by atoms with Crippen LogP contribution in [0, 0.1) is 12.8 Å². The zero-order valence-corrected chi connectivity index (χ0v) is 13.4. The van der Waals surface area contributed by atoms with Gasteiger partial charge in [0.25, 0.3) is 0 Å². The Kier molecular flexibility index (Phi) is 5.43. The Hall–Kier alpha value is -0.380. The summed E-state index contributed by atoms with van der Waals surface area (Å²) in [6.07, 6.45) is 5.37. The summed E-state index contributed by atoms with van der Waals surface area (Å²) in [6, 6.07) is 5.75. The fourth-order valence-electron chi connectivity index (χ4n) is 3.54. The highest BCUT2D eigenvalue weighted by atomic mass is 32.1. The number of hydrogen-bond acceptors (Lipinski definition) is 3. The lowest BCUT2D eigenvalue weighted by Gasteiger charge is -2.42. The molecule has 1 aliphatic rings. The van der Waals surface area contributed by atoms with E-state index in [1.807, 2.05) is 11.3 Å². The summed E-state index contributed by atoms with van der Waals surface area (Å²) >= 11 is 1.94. The number of rotatable bonds is 5. The molecule has 0 amide bonds. The van der Waals surface area contributed by atoms with Crippen LogP contribution in [0.2, 0.25) is 0 Å². The van der Waals surface area contributed by atoms with Gasteiger partial charge in [-0.15, -0.1) is 11.3 Å². The number of nitrogens with zero attached hydrogens (tertiary/aromatic N) is 1. The minimum atomic E-state index is 0.529. The van der Waals surface area contributed by atoms with Crippen molar-refractivity contribution >= 4 is 11.3 Å². The largest absolute Gasteiger partial charge is 0.330 e. The number of nitrogens with two attached hydrogens (primary N) is 1. The van der Waals surface area contributed by atoms with E-state index < -0.39 is 0 Å². The van der Waals surface area contributed by atoms with Crippen molar-refractivity contribution in [1.29, 1.82) is 0 Å². The fraction of sp³-hybridized carbons (Fsp3) is 0.750. The van der Waals surface area contributed by atoms with Gasteiger partial charge in [-0.05, 0) is 57.8 Å². The lowest BCUT2D eigenvalue weighted by atomic mass is 9.83. The smallest absolute Gasteiger partial charge is 0.0416 e. The molecule has 3 heteroatoms. The summed E-state index contributed by atoms with van der Waals surface area (Å²) in [7, 11) is 0. The molecule has 0 bridgehead atoms. The van der Waals surface area contributed by atoms with Gasteiger partial charge in [-0.3, -0.25) is 4.90 Å². The molecule has 1 heterocycles. The molecule has 0 aromatic carbocycles. The zero-order chi connectivity index (χ0) is 13.8. The van der Waals surface area contributed by atoms with E-state index in [4.69, 9.17) is 5.73 Å². The molecule has 1 fully saturated rings. The zero-order valence-electron chi connectivity index (χ0n) is 12.6. The van der Waals surface area contributed by atoms with E-state index in [-0.39, 0.29) is 0 Å². The second-order valence-corrected chi connectivity index (χ2v) is 7.12. The van der Waals surface area contributed by atoms with Crippen LogP contribution in [0.25, 0.3) is 0 Å². The SMILES string of the molecule is CCN(C(C)c1ccc(C)s1)C1CCCCC1CN. The highest BCUT2D eigenvalue weighted by Gasteiger charge is 2.31. The summed E-state index contributed by atoms with van der Waals surface area (Å²) in [6.45, 7) is 8.81. The molecule has 1 saturated carbocycles. The minimum absolute atomic E-state index is 0.529. The van der Waals surface area contributed by atoms with Crippen LogP contribution in [-0.2, 0) is 0 Å². The number of hydrogen-bond donors (Lipinski definition) is 1. The van der Waals surface area contributed by atoms with Crippen LogP contribution in [-0.4, -0.2) is 24.0 Å². The van der Waals surface area contributed by atoms with Crippen molar-refractivity contribution in [2.24, 2.45) is 11.7 Å². The lowest BCUT2D eigenvalue weighted by molar-refractivity contribution is 0.0783. The summed E-state index contributed by atoms with van der Waals surface area (Å²) in [4.78, 5) is 5.60. The molecule has 108 valence electrons. The van der Waals surface area contributed by atoms with Gasteiger partial charge in [-0.2, -0.15) is 0 Å². The normalized spacial score (nSPS) is 25.7. The molecule has 2 N–H and O–H groups in total. The Morgan fingerprint density at radius 2 is 2.11 bits per heavy atom. The van der Waals surface area contributed by atoms with Crippen LogP contribution in [0.15, 0.2) is 12.1 Å². The summed E-state index contributed by atoms with van der Waals surface area (Å²) in [5.74, 6) is 0.692. The van der Waals surface area contributed by atoms with E-state index in [1.165, 1.54) is 35.4 Å². The highest BCUT2D eigenvalue weighted by molar-refractivity contribution is 7.12. The first-order valence-electron chi connectivity index (χ1n) is 7.69. The third-order valence-corrected chi connectivity index (χ3v) is 5.80. The maximum absolute atomic E-state index is 6.01. The van der Waals surface area contributed by atoms with E-state index in [2.05, 4.69) is 37.8 Å². The molecule has 1 aliphatic carbocycles. The molecule has 3 atom stereocenters. The summed E-state index contributed by atoms with van der Waals surface area (Å²) < 4.78 is 0. The van der Waals surface area contributed by atoms with E-state index in [0.717, 1.165) is 13.1 Å². The maximum atomic E-state index is 6.01. The fourth-order valence-corrected chi connectivity index (χ4v) is 4.49. The third-order valence-electron chi connectivity index (χ3n) is 4.63. The Morgan fingerprint density at radius 1 is 1.37 bits per heavy atom. The van der Waals surface area contributed by atoms with Crippen LogP contribution in [0.3, 0.4) is 0 Å². The van der Waals surface area contributed by atoms with Gasteiger partial charge in [0.05, 0.1) is 0 Å². The van der Waals surface area contributed by atoms with E-state index >= 15 is 0 Å². The second kappa shape index (κ2) is 6.87. The Bertz CT molecular complexity index is 388. The van der Waals surface area contributed by atoms with Gasteiger partial charge < -0.3 is 5.73 Å². The molecule has 2 rings (SSSR count). The first-order valence-corrected chi connectivity index (χ1v) is 8.51. The first kappa shape index (κ1) is 15.0. The average Bonchev–Trinajstić information content (AvgIpc) is 2.86. The van der Waals surface area contributed by atoms with Crippen LogP contribution in [0.1, 0.15) is 55.3 Å². The van der Waals surface area contributed by atoms with E-state index in [0.29, 0.717) is 18.0 Å². The lowest BCUT2D eigenvalue weighted by Crippen LogP contribution is -2.45. The minimum Gasteiger partial charge on any atom is -0.330 e. The van der Waals surface area contributed by atoms with Crippen molar-refractivity contribution in [3.8, 4) is 0 Å². The van der Waals surface area contributed by atoms with Gasteiger partial charge in [0.1, 0.15) is 0 Å². The van der Waals surface area contributed by atoms with Gasteiger partial charge in [0.15, 0.2) is 0 Å². The van der Waals surface area contributed by atoms with Crippen molar-refractivity contribution in [3.63, 3.8) is 0 Å². The quantitative estimate of drug-likeness (QED) is 0.884. The molecular formula is C16H28N2S. The van der Waals surface area contributed by atoms with Gasteiger partial charge in [0.2, 0.25) is 0 Å². The molecule has 0 saturated heterocycles. The summed E-state index contributed by atoms with van der Waals surface area (Å²) in [5, 5.41) is 0. The standard InChI is InChI=1S/C16H28N2S/c1-4-18(13(3)16-10-9-12(2)19-16)15-8-6-5-7-14(15)11-17/h9-10,13-15H,4-8,11,17H2,1-3H3. The molecule has 1 aromatic rings. The average molecular weight is 280 g/mol. The second-order valence-electron chi connectivity index (χ2n) is 5.80. The van der Waals surface area contributed by atoms with Crippen molar-refractivity contribution in [1.82, 2.24) is 4.90 Å². The molecule has 0 radical (unpaired) electrons. The van der Waals surface area contributed by atoms with Crippen molar-refractivity contribution in [2.75, 3.05) is 13.1 Å². The Labute approximate surface area is 122 Å². The topological polar surface area (TPSA) is 29.3 Å². The molecule has 19 heavy (non-hydrogen) atoms. The van der Waals surface area contributed by atoms with E-state index in [9.17, 15) is 0 Å². The van der Waals surface area contributed by atoms with Crippen molar-refractivity contribution in [2.45, 2.75) is 58.5 Å². The Morgan fingerprint density at radius 3 is 2.68 bits per heavy atom. The Balaban J connectivity index is 2.13. The molecular weight excluding hydrogens is 252 g/mol. The first-order chi connectivity index (χ1) is 9.17. The monoisotopic (exact) mass is 280 g/mol. The van der Waals surface area contributed by atoms with Crippen LogP contribution >= 0.6 is 11.3 Å². The van der Waals surface area contributed by atoms with Gasteiger partial charge in [0, 0.05) is 21.8 Å². The van der Waals surface area contributed by atoms with Gasteiger partial charge >= 0.3 is 0 Å². The van der Waals surface area contributed by atoms with E-state index in [1.54, 1.807) is 0 Å². The third kappa shape index (κ3) is 3.39. The molecule has 0 spiro atoms. The van der Waals surface area contributed by atoms with Gasteiger partial charge in [-0.25, -0.2) is 0 Å². The van der Waals surface area contributed by atoms with Crippen LogP contribution < -0.4 is 5.73 Å². The molecule has 2 nitrogen and oxygen atoms in total. The predicted octanol–water partition coefficient (Wildman–Crippen LogP) is 3.96. The van der Waals surface area contributed by atoms with Crippen molar-refractivity contribution < 1.29 is 0 Å². The highest BCUT2D eigenvalue weighted by Crippen LogP contribution is 2.35. The maximum Gasteiger partial charge on any atom is 0.0416 e. The molecule has 3 unspecified atom stereocenters. The molecule has 0 aliphatic heterocycles. The van der Waals surface area contributed by atoms with Crippen molar-refractivity contribution in [3.05, 3.63) is 21.9 Å². The van der Waals surface area contributed by atoms with Gasteiger partial charge in [-0.1, -0.05) is 19.8 Å². The predicted molar refractivity (Wildman–Crippen MR) is 84.7 cm³/mol. The van der Waals surface area contributed by atoms with Crippen LogP contribution in [0.4, 0.5) is 0 Å². The number of aryl methyl sites for hydroxylation is 1. The number of thiophene rings is 1. The summed E-state index contributed by atoms with van der Waals surface area (Å²) in [5.41, 5.74) is 6.01. The molecule has 1 aromatic heterocycles.